The summed E-state index contributed by atoms with van der Waals surface area (Å²) in [5, 5.41) is 3.39. The average molecular weight is 429 g/mol. The summed E-state index contributed by atoms with van der Waals surface area (Å²) in [6.07, 6.45) is 1.79. The number of hydrogen-bond acceptors (Lipinski definition) is 3. The van der Waals surface area contributed by atoms with Crippen molar-refractivity contribution in [2.45, 2.75) is 33.2 Å². The molecule has 0 bridgehead atoms. The molecule has 0 aliphatic heterocycles. The topological polar surface area (TPSA) is 66.5 Å². The number of carbonyl (C=O) groups is 1. The number of nitrogens with zero attached hydrogens (tertiary/aromatic N) is 1. The molecule has 0 aliphatic carbocycles. The van der Waals surface area contributed by atoms with Crippen molar-refractivity contribution in [2.75, 3.05) is 15.9 Å². The van der Waals surface area contributed by atoms with E-state index in [1.54, 1.807) is 0 Å². The highest BCUT2D eigenvalue weighted by atomic mass is 35.5. The lowest BCUT2D eigenvalue weighted by atomic mass is 10.1. The van der Waals surface area contributed by atoms with Gasteiger partial charge < -0.3 is 5.32 Å². The molecular weight excluding hydrogens is 407 g/mol. The van der Waals surface area contributed by atoms with Gasteiger partial charge in [-0.05, 0) is 49.6 Å². The molecule has 1 amide bonds. The van der Waals surface area contributed by atoms with Gasteiger partial charge in [-0.1, -0.05) is 48.3 Å². The molecule has 0 fully saturated rings. The molecule has 0 radical (unpaired) electrons. The Bertz CT molecular complexity index is 961. The summed E-state index contributed by atoms with van der Waals surface area (Å²) in [7, 11) is -3.74. The molecule has 27 heavy (non-hydrogen) atoms. The van der Waals surface area contributed by atoms with Crippen molar-refractivity contribution in [1.82, 2.24) is 0 Å². The number of sulfonamides is 1. The third-order valence-corrected chi connectivity index (χ3v) is 6.22. The first-order valence-electron chi connectivity index (χ1n) is 8.40. The largest absolute Gasteiger partial charge is 0.324 e. The summed E-state index contributed by atoms with van der Waals surface area (Å²) in [6.45, 7) is 5.42. The Labute approximate surface area is 170 Å². The Morgan fingerprint density at radius 3 is 2.41 bits per heavy atom. The molecule has 0 saturated heterocycles. The molecule has 5 nitrogen and oxygen atoms in total. The van der Waals surface area contributed by atoms with Gasteiger partial charge in [0, 0.05) is 5.69 Å². The zero-order valence-electron chi connectivity index (χ0n) is 15.6. The van der Waals surface area contributed by atoms with Gasteiger partial charge in [0.05, 0.1) is 22.0 Å². The van der Waals surface area contributed by atoms with E-state index in [1.807, 2.05) is 32.0 Å². The molecule has 2 aromatic carbocycles. The highest BCUT2D eigenvalue weighted by Crippen LogP contribution is 2.30. The number of aryl methyl sites for hydroxylation is 2. The molecular formula is C19H22Cl2N2O3S. The van der Waals surface area contributed by atoms with Gasteiger partial charge in [-0.3, -0.25) is 9.10 Å². The minimum absolute atomic E-state index is 0.211. The first kappa shape index (κ1) is 21.5. The summed E-state index contributed by atoms with van der Waals surface area (Å²) in [5.41, 5.74) is 2.88. The number of rotatable bonds is 6. The highest BCUT2D eigenvalue weighted by molar-refractivity contribution is 7.92. The van der Waals surface area contributed by atoms with Gasteiger partial charge in [-0.25, -0.2) is 8.42 Å². The first-order valence-corrected chi connectivity index (χ1v) is 11.0. The molecule has 0 aliphatic rings. The van der Waals surface area contributed by atoms with Gasteiger partial charge in [-0.15, -0.1) is 0 Å². The van der Waals surface area contributed by atoms with Gasteiger partial charge in [0.1, 0.15) is 6.04 Å². The summed E-state index contributed by atoms with van der Waals surface area (Å²) < 4.78 is 25.8. The fourth-order valence-corrected chi connectivity index (χ4v) is 4.32. The predicted octanol–water partition coefficient (Wildman–Crippen LogP) is 4.66. The fraction of sp³-hybridized carbons (Fsp3) is 0.316. The molecule has 0 aromatic heterocycles. The van der Waals surface area contributed by atoms with Crippen LogP contribution in [0.4, 0.5) is 11.4 Å². The quantitative estimate of drug-likeness (QED) is 0.727. The van der Waals surface area contributed by atoms with Crippen molar-refractivity contribution in [3.05, 3.63) is 57.6 Å². The highest BCUT2D eigenvalue weighted by Gasteiger charge is 2.30. The molecule has 2 rings (SSSR count). The van der Waals surface area contributed by atoms with Crippen LogP contribution < -0.4 is 9.62 Å². The average Bonchev–Trinajstić information content (AvgIpc) is 2.58. The lowest BCUT2D eigenvalue weighted by Crippen LogP contribution is -2.45. The smallest absolute Gasteiger partial charge is 0.248 e. The maximum Gasteiger partial charge on any atom is 0.248 e. The molecule has 1 atom stereocenters. The van der Waals surface area contributed by atoms with Crippen molar-refractivity contribution in [1.29, 1.82) is 0 Å². The SMILES string of the molecule is CCc1cccc(C)c1NC(=O)[C@@H](C)N(c1ccc(Cl)c(Cl)c1)S(C)(=O)=O. The van der Waals surface area contributed by atoms with Crippen LogP contribution in [0, 0.1) is 6.92 Å². The second-order valence-corrected chi connectivity index (χ2v) is 8.96. The van der Waals surface area contributed by atoms with Gasteiger partial charge in [0.2, 0.25) is 15.9 Å². The lowest BCUT2D eigenvalue weighted by Gasteiger charge is -2.29. The zero-order valence-corrected chi connectivity index (χ0v) is 17.9. The van der Waals surface area contributed by atoms with E-state index in [-0.39, 0.29) is 10.7 Å². The number of nitrogens with one attached hydrogen (secondary N) is 1. The minimum atomic E-state index is -3.74. The van der Waals surface area contributed by atoms with Crippen LogP contribution in [0.3, 0.4) is 0 Å². The van der Waals surface area contributed by atoms with Gasteiger partial charge in [0.15, 0.2) is 0 Å². The van der Waals surface area contributed by atoms with Crippen LogP contribution in [0.25, 0.3) is 0 Å². The number of hydrogen-bond donors (Lipinski definition) is 1. The zero-order chi connectivity index (χ0) is 20.4. The number of para-hydroxylation sites is 1. The number of anilines is 2. The summed E-state index contributed by atoms with van der Waals surface area (Å²) in [6, 6.07) is 9.21. The van der Waals surface area contributed by atoms with Crippen LogP contribution in [-0.4, -0.2) is 26.6 Å². The summed E-state index contributed by atoms with van der Waals surface area (Å²) >= 11 is 11.9. The Morgan fingerprint density at radius 1 is 1.19 bits per heavy atom. The van der Waals surface area contributed by atoms with E-state index in [0.29, 0.717) is 10.7 Å². The first-order chi connectivity index (χ1) is 12.6. The Hall–Kier alpha value is -1.76. The number of halogens is 2. The van der Waals surface area contributed by atoms with Gasteiger partial charge in [-0.2, -0.15) is 0 Å². The molecule has 146 valence electrons. The fourth-order valence-electron chi connectivity index (χ4n) is 2.86. The van der Waals surface area contributed by atoms with Crippen LogP contribution >= 0.6 is 23.2 Å². The third-order valence-electron chi connectivity index (χ3n) is 4.23. The van der Waals surface area contributed by atoms with Crippen molar-refractivity contribution < 1.29 is 13.2 Å². The van der Waals surface area contributed by atoms with Crippen molar-refractivity contribution in [3.63, 3.8) is 0 Å². The van der Waals surface area contributed by atoms with E-state index in [1.165, 1.54) is 25.1 Å². The Kier molecular flexibility index (Phi) is 6.78. The van der Waals surface area contributed by atoms with Crippen LogP contribution in [0.5, 0.6) is 0 Å². The van der Waals surface area contributed by atoms with Crippen LogP contribution in [-0.2, 0) is 21.2 Å². The minimum Gasteiger partial charge on any atom is -0.324 e. The molecule has 1 N–H and O–H groups in total. The predicted molar refractivity (Wildman–Crippen MR) is 112 cm³/mol. The van der Waals surface area contributed by atoms with Crippen LogP contribution in [0.1, 0.15) is 25.0 Å². The second kappa shape index (κ2) is 8.50. The van der Waals surface area contributed by atoms with E-state index in [2.05, 4.69) is 5.32 Å². The Balaban J connectivity index is 2.40. The maximum absolute atomic E-state index is 12.9. The number of carbonyl (C=O) groups excluding carboxylic acids is 1. The lowest BCUT2D eigenvalue weighted by molar-refractivity contribution is -0.116. The van der Waals surface area contributed by atoms with E-state index >= 15 is 0 Å². The molecule has 0 saturated carbocycles. The van der Waals surface area contributed by atoms with Crippen LogP contribution in [0.15, 0.2) is 36.4 Å². The van der Waals surface area contributed by atoms with E-state index in [4.69, 9.17) is 23.2 Å². The van der Waals surface area contributed by atoms with Crippen LogP contribution in [0.2, 0.25) is 10.0 Å². The van der Waals surface area contributed by atoms with Gasteiger partial charge in [0.25, 0.3) is 0 Å². The Morgan fingerprint density at radius 2 is 1.85 bits per heavy atom. The second-order valence-electron chi connectivity index (χ2n) is 6.29. The summed E-state index contributed by atoms with van der Waals surface area (Å²) in [5.74, 6) is -0.435. The van der Waals surface area contributed by atoms with Crippen molar-refractivity contribution in [2.24, 2.45) is 0 Å². The third kappa shape index (κ3) is 4.94. The molecule has 8 heteroatoms. The normalized spacial score (nSPS) is 12.5. The monoisotopic (exact) mass is 428 g/mol. The molecule has 0 spiro atoms. The van der Waals surface area contributed by atoms with E-state index in [9.17, 15) is 13.2 Å². The van der Waals surface area contributed by atoms with Gasteiger partial charge >= 0.3 is 0 Å². The standard InChI is InChI=1S/C19H22Cl2N2O3S/c1-5-14-8-6-7-12(2)18(14)22-19(24)13(3)23(27(4,25)26)15-9-10-16(20)17(21)11-15/h6-11,13H,5H2,1-4H3,(H,22,24)/t13-/m1/s1. The maximum atomic E-state index is 12.9. The number of amides is 1. The van der Waals surface area contributed by atoms with Crippen molar-refractivity contribution in [3.8, 4) is 0 Å². The number of benzene rings is 2. The van der Waals surface area contributed by atoms with E-state index < -0.39 is 22.0 Å². The molecule has 0 unspecified atom stereocenters. The molecule has 0 heterocycles. The van der Waals surface area contributed by atoms with E-state index in [0.717, 1.165) is 28.1 Å². The van der Waals surface area contributed by atoms with Crippen molar-refractivity contribution >= 4 is 50.5 Å². The molecule has 2 aromatic rings. The summed E-state index contributed by atoms with van der Waals surface area (Å²) in [4.78, 5) is 12.9.